The van der Waals surface area contributed by atoms with Gasteiger partial charge >= 0.3 is 0 Å². The first-order valence-electron chi connectivity index (χ1n) is 10.7. The molecule has 0 unspecified atom stereocenters. The predicted molar refractivity (Wildman–Crippen MR) is 122 cm³/mol. The number of fused-ring (bicyclic) bond motifs is 1. The van der Waals surface area contributed by atoms with E-state index in [4.69, 9.17) is 17.0 Å². The van der Waals surface area contributed by atoms with Crippen LogP contribution in [0, 0.1) is 5.92 Å². The highest BCUT2D eigenvalue weighted by Gasteiger charge is 2.12. The summed E-state index contributed by atoms with van der Waals surface area (Å²) in [6.45, 7) is 0.742. The van der Waals surface area contributed by atoms with Crippen LogP contribution in [-0.4, -0.2) is 24.2 Å². The molecule has 156 valence electrons. The molecule has 0 saturated heterocycles. The number of nitrogens with one attached hydrogen (secondary N) is 3. The van der Waals surface area contributed by atoms with E-state index in [0.29, 0.717) is 10.9 Å². The summed E-state index contributed by atoms with van der Waals surface area (Å²) in [5, 5.41) is 5.64. The number of thiocarbonyl (C=S) groups is 1. The fourth-order valence-corrected chi connectivity index (χ4v) is 4.06. The quantitative estimate of drug-likeness (QED) is 0.339. The molecular formula is C23H31N3O2S. The van der Waals surface area contributed by atoms with Gasteiger partial charge in [0.1, 0.15) is 5.75 Å². The molecule has 5 nitrogen and oxygen atoms in total. The molecule has 0 bridgehead atoms. The summed E-state index contributed by atoms with van der Waals surface area (Å²) < 4.78 is 5.67. The molecule has 2 aromatic rings. The van der Waals surface area contributed by atoms with E-state index in [1.807, 2.05) is 42.5 Å². The van der Waals surface area contributed by atoms with E-state index >= 15 is 0 Å². The summed E-state index contributed by atoms with van der Waals surface area (Å²) in [5.74, 6) is 1.34. The van der Waals surface area contributed by atoms with Gasteiger partial charge in [-0.15, -0.1) is 0 Å². The molecule has 0 aliphatic heterocycles. The molecule has 0 atom stereocenters. The van der Waals surface area contributed by atoms with Crippen LogP contribution in [0.2, 0.25) is 0 Å². The van der Waals surface area contributed by atoms with Gasteiger partial charge in [-0.3, -0.25) is 15.6 Å². The summed E-state index contributed by atoms with van der Waals surface area (Å²) in [7, 11) is 0. The van der Waals surface area contributed by atoms with Gasteiger partial charge in [0.2, 0.25) is 0 Å². The second kappa shape index (κ2) is 11.6. The van der Waals surface area contributed by atoms with Crippen LogP contribution in [-0.2, 0) is 4.79 Å². The van der Waals surface area contributed by atoms with Crippen molar-refractivity contribution in [2.24, 2.45) is 5.92 Å². The Morgan fingerprint density at radius 3 is 2.66 bits per heavy atom. The molecule has 1 saturated carbocycles. The van der Waals surface area contributed by atoms with Crippen molar-refractivity contribution in [1.29, 1.82) is 0 Å². The average molecular weight is 414 g/mol. The van der Waals surface area contributed by atoms with E-state index in [0.717, 1.165) is 29.7 Å². The highest BCUT2D eigenvalue weighted by Crippen LogP contribution is 2.27. The van der Waals surface area contributed by atoms with Crippen molar-refractivity contribution in [2.75, 3.05) is 13.2 Å². The van der Waals surface area contributed by atoms with Crippen molar-refractivity contribution in [3.05, 3.63) is 42.5 Å². The monoisotopic (exact) mass is 413 g/mol. The first-order valence-corrected chi connectivity index (χ1v) is 11.1. The first-order chi connectivity index (χ1) is 14.2. The number of unbranched alkanes of at least 4 members (excludes halogenated alkanes) is 1. The fraction of sp³-hybridized carbons (Fsp3) is 0.478. The average Bonchev–Trinajstić information content (AvgIpc) is 2.76. The number of carbonyl (C=O) groups is 1. The third kappa shape index (κ3) is 7.20. The lowest BCUT2D eigenvalue weighted by Crippen LogP contribution is -2.48. The normalized spacial score (nSPS) is 14.3. The predicted octanol–water partition coefficient (Wildman–Crippen LogP) is 4.46. The molecule has 3 N–H and O–H groups in total. The molecule has 2 aromatic carbocycles. The van der Waals surface area contributed by atoms with Crippen LogP contribution >= 0.6 is 12.2 Å². The molecule has 1 fully saturated rings. The Hall–Kier alpha value is -2.34. The Balaban J connectivity index is 1.27. The van der Waals surface area contributed by atoms with Crippen LogP contribution in [0.25, 0.3) is 10.8 Å². The van der Waals surface area contributed by atoms with E-state index in [9.17, 15) is 4.79 Å². The lowest BCUT2D eigenvalue weighted by molar-refractivity contribution is -0.123. The maximum absolute atomic E-state index is 12.0. The third-order valence-electron chi connectivity index (χ3n) is 5.47. The maximum atomic E-state index is 12.0. The smallest absolute Gasteiger partial charge is 0.276 e. The van der Waals surface area contributed by atoms with E-state index in [1.54, 1.807) is 0 Å². The van der Waals surface area contributed by atoms with Gasteiger partial charge < -0.3 is 10.1 Å². The Kier molecular flexibility index (Phi) is 8.56. The minimum atomic E-state index is -0.278. The molecule has 1 aliphatic carbocycles. The van der Waals surface area contributed by atoms with Crippen LogP contribution in [0.15, 0.2) is 42.5 Å². The fourth-order valence-electron chi connectivity index (χ4n) is 3.91. The summed E-state index contributed by atoms with van der Waals surface area (Å²) in [6.07, 6.45) is 10.7. The van der Waals surface area contributed by atoms with E-state index in [-0.39, 0.29) is 12.5 Å². The SMILES string of the molecule is O=C(COc1cccc2ccccc12)NNC(=S)NCCCCC1CCCCC1. The minimum absolute atomic E-state index is 0.0784. The summed E-state index contributed by atoms with van der Waals surface area (Å²) in [5.41, 5.74) is 5.31. The molecule has 29 heavy (non-hydrogen) atoms. The Morgan fingerprint density at radius 1 is 1.00 bits per heavy atom. The third-order valence-corrected chi connectivity index (χ3v) is 5.72. The Morgan fingerprint density at radius 2 is 1.79 bits per heavy atom. The van der Waals surface area contributed by atoms with Gasteiger partial charge in [0, 0.05) is 11.9 Å². The second-order valence-electron chi connectivity index (χ2n) is 7.69. The van der Waals surface area contributed by atoms with Crippen LogP contribution in [0.1, 0.15) is 51.4 Å². The van der Waals surface area contributed by atoms with Gasteiger partial charge in [-0.2, -0.15) is 0 Å². The van der Waals surface area contributed by atoms with Crippen molar-refractivity contribution in [2.45, 2.75) is 51.4 Å². The molecular weight excluding hydrogens is 382 g/mol. The zero-order valence-electron chi connectivity index (χ0n) is 16.9. The topological polar surface area (TPSA) is 62.4 Å². The number of hydrazine groups is 1. The first kappa shape index (κ1) is 21.4. The maximum Gasteiger partial charge on any atom is 0.276 e. The molecule has 1 aliphatic rings. The number of amides is 1. The van der Waals surface area contributed by atoms with Crippen molar-refractivity contribution in [3.8, 4) is 5.75 Å². The molecule has 0 spiro atoms. The van der Waals surface area contributed by atoms with Gasteiger partial charge in [-0.1, -0.05) is 81.3 Å². The second-order valence-corrected chi connectivity index (χ2v) is 8.10. The number of carbonyl (C=O) groups excluding carboxylic acids is 1. The highest BCUT2D eigenvalue weighted by atomic mass is 32.1. The van der Waals surface area contributed by atoms with Crippen LogP contribution in [0.3, 0.4) is 0 Å². The highest BCUT2D eigenvalue weighted by molar-refractivity contribution is 7.80. The number of hydrogen-bond donors (Lipinski definition) is 3. The van der Waals surface area contributed by atoms with Crippen molar-refractivity contribution >= 4 is 34.0 Å². The standard InChI is InChI=1S/C23H31N3O2S/c27-22(17-28-21-15-8-13-19-12-4-5-14-20(19)21)25-26-23(29)24-16-7-6-11-18-9-2-1-3-10-18/h4-5,8,12-15,18H,1-3,6-7,9-11,16-17H2,(H,25,27)(H2,24,26,29). The van der Waals surface area contributed by atoms with Crippen LogP contribution in [0.4, 0.5) is 0 Å². The van der Waals surface area contributed by atoms with Crippen LogP contribution in [0.5, 0.6) is 5.75 Å². The number of hydrogen-bond acceptors (Lipinski definition) is 3. The van der Waals surface area contributed by atoms with Crippen molar-refractivity contribution < 1.29 is 9.53 Å². The van der Waals surface area contributed by atoms with Gasteiger partial charge in [0.05, 0.1) is 0 Å². The van der Waals surface area contributed by atoms with Gasteiger partial charge in [-0.05, 0) is 36.0 Å². The van der Waals surface area contributed by atoms with Crippen LogP contribution < -0.4 is 20.9 Å². The lowest BCUT2D eigenvalue weighted by Gasteiger charge is -2.21. The summed E-state index contributed by atoms with van der Waals surface area (Å²) in [4.78, 5) is 12.0. The molecule has 0 aromatic heterocycles. The van der Waals surface area contributed by atoms with Crippen molar-refractivity contribution in [1.82, 2.24) is 16.2 Å². The summed E-state index contributed by atoms with van der Waals surface area (Å²) >= 11 is 5.21. The zero-order valence-corrected chi connectivity index (χ0v) is 17.7. The minimum Gasteiger partial charge on any atom is -0.483 e. The Bertz CT molecular complexity index is 800. The lowest BCUT2D eigenvalue weighted by atomic mass is 9.86. The van der Waals surface area contributed by atoms with E-state index in [2.05, 4.69) is 16.2 Å². The summed E-state index contributed by atoms with van der Waals surface area (Å²) in [6, 6.07) is 13.7. The number of benzene rings is 2. The molecule has 3 rings (SSSR count). The zero-order chi connectivity index (χ0) is 20.3. The van der Waals surface area contributed by atoms with E-state index in [1.165, 1.54) is 44.9 Å². The number of rotatable bonds is 8. The molecule has 6 heteroatoms. The van der Waals surface area contributed by atoms with Gasteiger partial charge in [0.15, 0.2) is 11.7 Å². The van der Waals surface area contributed by atoms with Gasteiger partial charge in [0.25, 0.3) is 5.91 Å². The van der Waals surface area contributed by atoms with Crippen molar-refractivity contribution in [3.63, 3.8) is 0 Å². The van der Waals surface area contributed by atoms with Gasteiger partial charge in [-0.25, -0.2) is 0 Å². The van der Waals surface area contributed by atoms with E-state index < -0.39 is 0 Å². The molecule has 1 amide bonds. The Labute approximate surface area is 178 Å². The largest absolute Gasteiger partial charge is 0.483 e. The molecule has 0 heterocycles. The molecule has 0 radical (unpaired) electrons. The number of ether oxygens (including phenoxy) is 1.